The van der Waals surface area contributed by atoms with Crippen LogP contribution in [0.4, 0.5) is 10.1 Å². The third-order valence-electron chi connectivity index (χ3n) is 3.33. The summed E-state index contributed by atoms with van der Waals surface area (Å²) in [6.07, 6.45) is 5.43. The van der Waals surface area contributed by atoms with Crippen molar-refractivity contribution in [3.8, 4) is 0 Å². The molecule has 21 heavy (non-hydrogen) atoms. The Morgan fingerprint density at radius 2 is 1.86 bits per heavy atom. The molecule has 1 atom stereocenters. The Balaban J connectivity index is 1.86. The standard InChI is InChI=1S/C16H15FN4/c1-2-13(14-5-3-11(17)10-20-14)21-12-4-6-15-16(9-12)19-8-7-18-15/h3-10,13,21H,2H2,1H3. The number of hydrogen-bond acceptors (Lipinski definition) is 4. The molecule has 3 rings (SSSR count). The third kappa shape index (κ3) is 2.97. The van der Waals surface area contributed by atoms with E-state index in [1.807, 2.05) is 18.2 Å². The molecule has 1 unspecified atom stereocenters. The minimum atomic E-state index is -0.324. The summed E-state index contributed by atoms with van der Waals surface area (Å²) in [7, 11) is 0. The Labute approximate surface area is 122 Å². The summed E-state index contributed by atoms with van der Waals surface area (Å²) in [4.78, 5) is 12.7. The molecule has 0 aliphatic heterocycles. The predicted octanol–water partition coefficient (Wildman–Crippen LogP) is 3.73. The smallest absolute Gasteiger partial charge is 0.141 e. The Morgan fingerprint density at radius 1 is 1.05 bits per heavy atom. The van der Waals surface area contributed by atoms with Gasteiger partial charge in [0.2, 0.25) is 0 Å². The largest absolute Gasteiger partial charge is 0.377 e. The summed E-state index contributed by atoms with van der Waals surface area (Å²) in [6.45, 7) is 2.06. The Kier molecular flexibility index (Phi) is 3.73. The van der Waals surface area contributed by atoms with Crippen molar-refractivity contribution < 1.29 is 4.39 Å². The number of hydrogen-bond donors (Lipinski definition) is 1. The van der Waals surface area contributed by atoms with E-state index in [-0.39, 0.29) is 11.9 Å². The molecule has 2 heterocycles. The second-order valence-corrected chi connectivity index (χ2v) is 4.77. The molecular weight excluding hydrogens is 267 g/mol. The average molecular weight is 282 g/mol. The zero-order chi connectivity index (χ0) is 14.7. The number of benzene rings is 1. The lowest BCUT2D eigenvalue weighted by molar-refractivity contribution is 0.614. The van der Waals surface area contributed by atoms with Crippen molar-refractivity contribution in [2.75, 3.05) is 5.32 Å². The fourth-order valence-electron chi connectivity index (χ4n) is 2.23. The Bertz CT molecular complexity index is 743. The second kappa shape index (κ2) is 5.83. The van der Waals surface area contributed by atoms with Crippen LogP contribution in [0.5, 0.6) is 0 Å². The summed E-state index contributed by atoms with van der Waals surface area (Å²) in [6, 6.07) is 9.00. The molecule has 0 aliphatic carbocycles. The van der Waals surface area contributed by atoms with Gasteiger partial charge in [0.1, 0.15) is 5.82 Å². The predicted molar refractivity (Wildman–Crippen MR) is 80.4 cm³/mol. The van der Waals surface area contributed by atoms with Crippen molar-refractivity contribution in [1.82, 2.24) is 15.0 Å². The van der Waals surface area contributed by atoms with E-state index < -0.39 is 0 Å². The van der Waals surface area contributed by atoms with E-state index in [0.29, 0.717) is 0 Å². The molecule has 1 N–H and O–H groups in total. The quantitative estimate of drug-likeness (QED) is 0.792. The first-order valence-electron chi connectivity index (χ1n) is 6.85. The van der Waals surface area contributed by atoms with E-state index in [1.165, 1.54) is 12.3 Å². The summed E-state index contributed by atoms with van der Waals surface area (Å²) >= 11 is 0. The lowest BCUT2D eigenvalue weighted by Crippen LogP contribution is -2.11. The molecule has 0 saturated carbocycles. The molecule has 0 aliphatic rings. The highest BCUT2D eigenvalue weighted by atomic mass is 19.1. The van der Waals surface area contributed by atoms with Crippen LogP contribution in [-0.4, -0.2) is 15.0 Å². The fraction of sp³-hybridized carbons (Fsp3) is 0.188. The third-order valence-corrected chi connectivity index (χ3v) is 3.33. The molecule has 1 aromatic carbocycles. The first kappa shape index (κ1) is 13.4. The van der Waals surface area contributed by atoms with E-state index in [1.54, 1.807) is 18.5 Å². The van der Waals surface area contributed by atoms with Crippen LogP contribution in [0.2, 0.25) is 0 Å². The SMILES string of the molecule is CCC(Nc1ccc2nccnc2c1)c1ccc(F)cn1. The highest BCUT2D eigenvalue weighted by Gasteiger charge is 2.11. The lowest BCUT2D eigenvalue weighted by Gasteiger charge is -2.18. The minimum absolute atomic E-state index is 0.0275. The number of aromatic nitrogens is 3. The van der Waals surface area contributed by atoms with Gasteiger partial charge < -0.3 is 5.32 Å². The summed E-state index contributed by atoms with van der Waals surface area (Å²) in [5.41, 5.74) is 3.46. The van der Waals surface area contributed by atoms with Crippen molar-refractivity contribution in [3.63, 3.8) is 0 Å². The van der Waals surface area contributed by atoms with Crippen LogP contribution >= 0.6 is 0 Å². The zero-order valence-corrected chi connectivity index (χ0v) is 11.6. The molecule has 0 radical (unpaired) electrons. The van der Waals surface area contributed by atoms with Crippen LogP contribution in [0.3, 0.4) is 0 Å². The lowest BCUT2D eigenvalue weighted by atomic mass is 10.1. The molecule has 0 amide bonds. The number of fused-ring (bicyclic) bond motifs is 1. The van der Waals surface area contributed by atoms with Crippen LogP contribution in [0.1, 0.15) is 25.1 Å². The number of halogens is 1. The molecule has 3 aromatic rings. The van der Waals surface area contributed by atoms with E-state index >= 15 is 0 Å². The normalized spacial score (nSPS) is 12.3. The minimum Gasteiger partial charge on any atom is -0.377 e. The molecule has 5 heteroatoms. The molecule has 4 nitrogen and oxygen atoms in total. The number of rotatable bonds is 4. The number of anilines is 1. The van der Waals surface area contributed by atoms with Gasteiger partial charge in [-0.05, 0) is 36.8 Å². The van der Waals surface area contributed by atoms with E-state index in [0.717, 1.165) is 28.8 Å². The average Bonchev–Trinajstić information content (AvgIpc) is 2.53. The Morgan fingerprint density at radius 3 is 2.57 bits per heavy atom. The monoisotopic (exact) mass is 282 g/mol. The van der Waals surface area contributed by atoms with Crippen molar-refractivity contribution in [3.05, 3.63) is 60.4 Å². The molecule has 0 spiro atoms. The van der Waals surface area contributed by atoms with Crippen molar-refractivity contribution >= 4 is 16.7 Å². The maximum atomic E-state index is 13.0. The van der Waals surface area contributed by atoms with Crippen molar-refractivity contribution in [1.29, 1.82) is 0 Å². The van der Waals surface area contributed by atoms with Crippen LogP contribution in [0.15, 0.2) is 48.9 Å². The molecular formula is C16H15FN4. The van der Waals surface area contributed by atoms with E-state index in [2.05, 4.69) is 27.2 Å². The van der Waals surface area contributed by atoms with Crippen LogP contribution in [0, 0.1) is 5.82 Å². The van der Waals surface area contributed by atoms with Gasteiger partial charge in [-0.2, -0.15) is 0 Å². The second-order valence-electron chi connectivity index (χ2n) is 4.77. The number of pyridine rings is 1. The Hall–Kier alpha value is -2.56. The zero-order valence-electron chi connectivity index (χ0n) is 11.6. The van der Waals surface area contributed by atoms with Gasteiger partial charge in [0.25, 0.3) is 0 Å². The van der Waals surface area contributed by atoms with Gasteiger partial charge in [-0.1, -0.05) is 6.92 Å². The van der Waals surface area contributed by atoms with Gasteiger partial charge >= 0.3 is 0 Å². The van der Waals surface area contributed by atoms with Crippen molar-refractivity contribution in [2.45, 2.75) is 19.4 Å². The summed E-state index contributed by atoms with van der Waals surface area (Å²) < 4.78 is 13.0. The van der Waals surface area contributed by atoms with E-state index in [9.17, 15) is 4.39 Å². The van der Waals surface area contributed by atoms with Crippen molar-refractivity contribution in [2.24, 2.45) is 0 Å². The highest BCUT2D eigenvalue weighted by molar-refractivity contribution is 5.78. The van der Waals surface area contributed by atoms with Gasteiger partial charge in [0.15, 0.2) is 0 Å². The maximum absolute atomic E-state index is 13.0. The molecule has 2 aromatic heterocycles. The highest BCUT2D eigenvalue weighted by Crippen LogP contribution is 2.23. The van der Waals surface area contributed by atoms with Gasteiger partial charge in [-0.25, -0.2) is 4.39 Å². The summed E-state index contributed by atoms with van der Waals surface area (Å²) in [5, 5.41) is 3.40. The molecule has 106 valence electrons. The number of nitrogens with zero attached hydrogens (tertiary/aromatic N) is 3. The first-order chi connectivity index (χ1) is 10.3. The maximum Gasteiger partial charge on any atom is 0.141 e. The topological polar surface area (TPSA) is 50.7 Å². The van der Waals surface area contributed by atoms with Gasteiger partial charge in [0, 0.05) is 18.1 Å². The van der Waals surface area contributed by atoms with Gasteiger partial charge in [-0.3, -0.25) is 15.0 Å². The first-order valence-corrected chi connectivity index (χ1v) is 6.85. The van der Waals surface area contributed by atoms with Crippen LogP contribution in [-0.2, 0) is 0 Å². The van der Waals surface area contributed by atoms with Crippen LogP contribution < -0.4 is 5.32 Å². The van der Waals surface area contributed by atoms with Gasteiger partial charge in [-0.15, -0.1) is 0 Å². The molecule has 0 bridgehead atoms. The fourth-order valence-corrected chi connectivity index (χ4v) is 2.23. The molecule has 0 fully saturated rings. The van der Waals surface area contributed by atoms with Gasteiger partial charge in [0.05, 0.1) is 29.0 Å². The van der Waals surface area contributed by atoms with E-state index in [4.69, 9.17) is 0 Å². The number of nitrogens with one attached hydrogen (secondary N) is 1. The summed E-state index contributed by atoms with van der Waals surface area (Å²) in [5.74, 6) is -0.324. The van der Waals surface area contributed by atoms with Crippen LogP contribution in [0.25, 0.3) is 11.0 Å². The molecule has 0 saturated heterocycles.